The van der Waals surface area contributed by atoms with E-state index < -0.39 is 5.97 Å². The summed E-state index contributed by atoms with van der Waals surface area (Å²) in [6, 6.07) is 23.4. The van der Waals surface area contributed by atoms with Crippen LogP contribution in [0.25, 0.3) is 11.1 Å². The number of unbranched alkanes of at least 4 members (excludes halogenated alkanes) is 1. The van der Waals surface area contributed by atoms with Crippen LogP contribution in [0.1, 0.15) is 23.2 Å². The lowest BCUT2D eigenvalue weighted by molar-refractivity contribution is 0.0306. The average Bonchev–Trinajstić information content (AvgIpc) is 2.87. The van der Waals surface area contributed by atoms with E-state index in [-0.39, 0.29) is 19.4 Å². The summed E-state index contributed by atoms with van der Waals surface area (Å²) in [6.45, 7) is 0.189. The number of anilines is 1. The summed E-state index contributed by atoms with van der Waals surface area (Å²) in [6.07, 6.45) is 1.13. The number of rotatable bonds is 10. The van der Waals surface area contributed by atoms with Gasteiger partial charge in [-0.05, 0) is 60.4 Å². The number of urea groups is 1. The van der Waals surface area contributed by atoms with Crippen LogP contribution in [0.15, 0.2) is 78.9 Å². The van der Waals surface area contributed by atoms with E-state index in [0.717, 1.165) is 16.9 Å². The van der Waals surface area contributed by atoms with Gasteiger partial charge in [-0.15, -0.1) is 0 Å². The average molecular weight is 449 g/mol. The van der Waals surface area contributed by atoms with Gasteiger partial charge in [0.25, 0.3) is 0 Å². The topological polar surface area (TPSA) is 88.1 Å². The fourth-order valence-corrected chi connectivity index (χ4v) is 3.18. The third-order valence-electron chi connectivity index (χ3n) is 5.02. The second-order valence-electron chi connectivity index (χ2n) is 7.36. The minimum atomic E-state index is -0.502. The largest absolute Gasteiger partial charge is 0.497 e. The number of amides is 2. The molecule has 0 radical (unpaired) electrons. The molecule has 0 bridgehead atoms. The minimum Gasteiger partial charge on any atom is -0.497 e. The van der Waals surface area contributed by atoms with Crippen LogP contribution >= 0.6 is 0 Å². The first-order valence-corrected chi connectivity index (χ1v) is 10.7. The molecule has 0 aliphatic rings. The summed E-state index contributed by atoms with van der Waals surface area (Å²) < 4.78 is 10.6. The van der Waals surface area contributed by atoms with E-state index in [4.69, 9.17) is 14.6 Å². The molecule has 3 aromatic carbocycles. The first kappa shape index (κ1) is 23.8. The summed E-state index contributed by atoms with van der Waals surface area (Å²) in [5.41, 5.74) is 3.03. The second kappa shape index (κ2) is 12.3. The summed E-state index contributed by atoms with van der Waals surface area (Å²) in [5, 5.41) is 11.9. The van der Waals surface area contributed by atoms with Crippen LogP contribution < -0.4 is 10.1 Å². The lowest BCUT2D eigenvalue weighted by Gasteiger charge is -2.23. The molecule has 7 nitrogen and oxygen atoms in total. The van der Waals surface area contributed by atoms with Crippen LogP contribution in [0.4, 0.5) is 10.5 Å². The Morgan fingerprint density at radius 1 is 0.909 bits per heavy atom. The van der Waals surface area contributed by atoms with Crippen molar-refractivity contribution in [3.05, 3.63) is 84.4 Å². The zero-order chi connectivity index (χ0) is 23.5. The van der Waals surface area contributed by atoms with Crippen LogP contribution in [0.3, 0.4) is 0 Å². The highest BCUT2D eigenvalue weighted by atomic mass is 16.5. The summed E-state index contributed by atoms with van der Waals surface area (Å²) in [5.74, 6) is 0.270. The number of aliphatic hydroxyl groups is 1. The van der Waals surface area contributed by atoms with E-state index >= 15 is 0 Å². The maximum atomic E-state index is 12.8. The normalized spacial score (nSPS) is 10.4. The molecule has 3 rings (SSSR count). The standard InChI is InChI=1S/C26H28N2O5/c1-32-24-11-7-10-22(18-24)20-12-14-23(15-13-20)27-26(31)28(16-5-6-17-29)19-33-25(30)21-8-3-2-4-9-21/h2-4,7-15,18,29H,5-6,16-17,19H2,1H3,(H,27,31). The van der Waals surface area contributed by atoms with Crippen LogP contribution in [0.5, 0.6) is 5.75 Å². The highest BCUT2D eigenvalue weighted by Crippen LogP contribution is 2.25. The van der Waals surface area contributed by atoms with Gasteiger partial charge >= 0.3 is 12.0 Å². The molecule has 3 aromatic rings. The molecule has 2 N–H and O–H groups in total. The van der Waals surface area contributed by atoms with Gasteiger partial charge in [-0.25, -0.2) is 9.59 Å². The number of ether oxygens (including phenoxy) is 2. The van der Waals surface area contributed by atoms with Gasteiger partial charge in [0.1, 0.15) is 5.75 Å². The Balaban J connectivity index is 1.63. The lowest BCUT2D eigenvalue weighted by atomic mass is 10.1. The van der Waals surface area contributed by atoms with Crippen LogP contribution in [-0.2, 0) is 4.74 Å². The SMILES string of the molecule is COc1cccc(-c2ccc(NC(=O)N(CCCCO)COC(=O)c3ccccc3)cc2)c1. The number of esters is 1. The summed E-state index contributed by atoms with van der Waals surface area (Å²) in [4.78, 5) is 26.5. The van der Waals surface area contributed by atoms with Crippen LogP contribution in [-0.4, -0.2) is 49.0 Å². The predicted molar refractivity (Wildman–Crippen MR) is 127 cm³/mol. The first-order valence-electron chi connectivity index (χ1n) is 10.7. The van der Waals surface area contributed by atoms with Crippen LogP contribution in [0, 0.1) is 0 Å². The van der Waals surface area contributed by atoms with Crippen molar-refractivity contribution in [1.29, 1.82) is 0 Å². The van der Waals surface area contributed by atoms with Gasteiger partial charge in [0, 0.05) is 18.8 Å². The fourth-order valence-electron chi connectivity index (χ4n) is 3.18. The molecule has 33 heavy (non-hydrogen) atoms. The number of hydrogen-bond donors (Lipinski definition) is 2. The Hall–Kier alpha value is -3.84. The minimum absolute atomic E-state index is 0.0327. The number of aliphatic hydroxyl groups excluding tert-OH is 1. The Morgan fingerprint density at radius 2 is 1.67 bits per heavy atom. The van der Waals surface area contributed by atoms with Crippen molar-refractivity contribution in [2.45, 2.75) is 12.8 Å². The smallest absolute Gasteiger partial charge is 0.339 e. The van der Waals surface area contributed by atoms with Gasteiger partial charge in [0.15, 0.2) is 6.73 Å². The van der Waals surface area contributed by atoms with E-state index in [0.29, 0.717) is 30.6 Å². The number of methoxy groups -OCH3 is 1. The molecule has 0 aliphatic heterocycles. The Kier molecular flexibility index (Phi) is 8.85. The second-order valence-corrected chi connectivity index (χ2v) is 7.36. The molecular formula is C26H28N2O5. The monoisotopic (exact) mass is 448 g/mol. The van der Waals surface area contributed by atoms with Gasteiger partial charge in [-0.3, -0.25) is 4.90 Å². The van der Waals surface area contributed by atoms with Gasteiger partial charge in [-0.1, -0.05) is 42.5 Å². The maximum absolute atomic E-state index is 12.8. The molecule has 2 amide bonds. The Morgan fingerprint density at radius 3 is 2.36 bits per heavy atom. The molecule has 0 heterocycles. The molecule has 0 fully saturated rings. The van der Waals surface area contributed by atoms with E-state index in [9.17, 15) is 9.59 Å². The zero-order valence-electron chi connectivity index (χ0n) is 18.6. The number of nitrogens with one attached hydrogen (secondary N) is 1. The molecule has 0 aromatic heterocycles. The van der Waals surface area contributed by atoms with E-state index in [1.165, 1.54) is 4.90 Å². The van der Waals surface area contributed by atoms with E-state index in [2.05, 4.69) is 5.32 Å². The maximum Gasteiger partial charge on any atom is 0.339 e. The van der Waals surface area contributed by atoms with Crippen molar-refractivity contribution in [2.24, 2.45) is 0 Å². The summed E-state index contributed by atoms with van der Waals surface area (Å²) >= 11 is 0. The molecule has 0 saturated carbocycles. The van der Waals surface area contributed by atoms with Crippen molar-refractivity contribution in [2.75, 3.05) is 32.3 Å². The quantitative estimate of drug-likeness (QED) is 0.265. The van der Waals surface area contributed by atoms with Gasteiger partial charge in [-0.2, -0.15) is 0 Å². The molecule has 0 unspecified atom stereocenters. The zero-order valence-corrected chi connectivity index (χ0v) is 18.6. The van der Waals surface area contributed by atoms with Crippen molar-refractivity contribution in [1.82, 2.24) is 4.90 Å². The lowest BCUT2D eigenvalue weighted by Crippen LogP contribution is -2.38. The van der Waals surface area contributed by atoms with Crippen molar-refractivity contribution in [3.8, 4) is 16.9 Å². The highest BCUT2D eigenvalue weighted by Gasteiger charge is 2.16. The van der Waals surface area contributed by atoms with Crippen LogP contribution in [0.2, 0.25) is 0 Å². The Bertz CT molecular complexity index is 1040. The molecule has 0 atom stereocenters. The predicted octanol–water partition coefficient (Wildman–Crippen LogP) is 4.78. The highest BCUT2D eigenvalue weighted by molar-refractivity contribution is 5.91. The third kappa shape index (κ3) is 7.08. The molecule has 0 saturated heterocycles. The van der Waals surface area contributed by atoms with E-state index in [1.54, 1.807) is 31.4 Å². The van der Waals surface area contributed by atoms with E-state index in [1.807, 2.05) is 54.6 Å². The molecular weight excluding hydrogens is 420 g/mol. The number of carbonyl (C=O) groups is 2. The number of hydrogen-bond acceptors (Lipinski definition) is 5. The molecule has 0 aliphatic carbocycles. The van der Waals surface area contributed by atoms with Crippen molar-refractivity contribution < 1.29 is 24.2 Å². The van der Waals surface area contributed by atoms with Gasteiger partial charge in [0.2, 0.25) is 0 Å². The number of nitrogens with zero attached hydrogens (tertiary/aromatic N) is 1. The number of benzene rings is 3. The summed E-state index contributed by atoms with van der Waals surface area (Å²) in [7, 11) is 1.63. The molecule has 172 valence electrons. The van der Waals surface area contributed by atoms with Crippen molar-refractivity contribution >= 4 is 17.7 Å². The fraction of sp³-hybridized carbons (Fsp3) is 0.231. The van der Waals surface area contributed by atoms with Gasteiger partial charge in [0.05, 0.1) is 12.7 Å². The van der Waals surface area contributed by atoms with Gasteiger partial charge < -0.3 is 19.9 Å². The third-order valence-corrected chi connectivity index (χ3v) is 5.02. The molecule has 0 spiro atoms. The molecule has 7 heteroatoms. The Labute approximate surface area is 193 Å². The first-order chi connectivity index (χ1) is 16.1. The van der Waals surface area contributed by atoms with Crippen molar-refractivity contribution in [3.63, 3.8) is 0 Å². The number of carbonyl (C=O) groups excluding carboxylic acids is 2.